The van der Waals surface area contributed by atoms with E-state index in [0.29, 0.717) is 24.2 Å². The predicted molar refractivity (Wildman–Crippen MR) is 94.2 cm³/mol. The molecule has 0 amide bonds. The second kappa shape index (κ2) is 7.68. The van der Waals surface area contributed by atoms with Crippen molar-refractivity contribution in [1.82, 2.24) is 9.88 Å². The van der Waals surface area contributed by atoms with E-state index in [9.17, 15) is 23.1 Å². The van der Waals surface area contributed by atoms with Gasteiger partial charge >= 0.3 is 12.1 Å². The molecule has 2 aromatic rings. The Morgan fingerprint density at radius 2 is 2.04 bits per heavy atom. The zero-order valence-corrected chi connectivity index (χ0v) is 14.9. The van der Waals surface area contributed by atoms with Crippen LogP contribution in [0.2, 0.25) is 0 Å². The first-order valence-electron chi connectivity index (χ1n) is 8.86. The highest BCUT2D eigenvalue weighted by molar-refractivity contribution is 5.73. The minimum atomic E-state index is -4.46. The Balaban J connectivity index is 2.14. The quantitative estimate of drug-likeness (QED) is 0.855. The number of aromatic nitrogens is 1. The van der Waals surface area contributed by atoms with Crippen LogP contribution in [0.3, 0.4) is 0 Å². The van der Waals surface area contributed by atoms with Crippen molar-refractivity contribution >= 4 is 5.97 Å². The van der Waals surface area contributed by atoms with E-state index in [0.717, 1.165) is 30.5 Å². The van der Waals surface area contributed by atoms with Crippen LogP contribution in [-0.4, -0.2) is 33.5 Å². The fourth-order valence-corrected chi connectivity index (χ4v) is 3.70. The molecule has 144 valence electrons. The van der Waals surface area contributed by atoms with E-state index in [4.69, 9.17) is 0 Å². The van der Waals surface area contributed by atoms with Crippen LogP contribution in [0.1, 0.15) is 47.7 Å². The lowest BCUT2D eigenvalue weighted by molar-refractivity contribution is -0.145. The number of rotatable bonds is 4. The Labute approximate surface area is 155 Å². The smallest absolute Gasteiger partial charge is 0.416 e. The normalized spacial score (nSPS) is 19.6. The maximum atomic E-state index is 13.2. The van der Waals surface area contributed by atoms with Gasteiger partial charge in [-0.3, -0.25) is 14.7 Å². The standard InChI is InChI=1S/C20H21F3N2O2/c1-13-6-5-10-24-17(13)18(25-11-3-2-9-16(25)19(26)27)14-7-4-8-15(12-14)20(21,22)23/h4-8,10,12,16,18H,2-3,9,11H2,1H3,(H,26,27). The van der Waals surface area contributed by atoms with Gasteiger partial charge in [-0.25, -0.2) is 0 Å². The molecule has 0 aliphatic carbocycles. The summed E-state index contributed by atoms with van der Waals surface area (Å²) in [6.07, 6.45) is -0.831. The summed E-state index contributed by atoms with van der Waals surface area (Å²) in [6.45, 7) is 2.33. The molecule has 0 saturated carbocycles. The average Bonchev–Trinajstić information content (AvgIpc) is 2.63. The minimum absolute atomic E-state index is 0.403. The highest BCUT2D eigenvalue weighted by Gasteiger charge is 2.37. The largest absolute Gasteiger partial charge is 0.480 e. The summed E-state index contributed by atoms with van der Waals surface area (Å²) < 4.78 is 39.7. The molecular formula is C20H21F3N2O2. The van der Waals surface area contributed by atoms with Gasteiger partial charge in [0, 0.05) is 6.20 Å². The molecule has 27 heavy (non-hydrogen) atoms. The number of pyridine rings is 1. The first-order valence-corrected chi connectivity index (χ1v) is 8.86. The molecule has 1 saturated heterocycles. The average molecular weight is 378 g/mol. The number of aryl methyl sites for hydroxylation is 1. The number of hydrogen-bond donors (Lipinski definition) is 1. The molecule has 1 N–H and O–H groups in total. The van der Waals surface area contributed by atoms with Crippen molar-refractivity contribution < 1.29 is 23.1 Å². The van der Waals surface area contributed by atoms with E-state index in [1.165, 1.54) is 6.07 Å². The van der Waals surface area contributed by atoms with Crippen LogP contribution in [0, 0.1) is 6.92 Å². The molecule has 7 heteroatoms. The van der Waals surface area contributed by atoms with Crippen LogP contribution in [0.4, 0.5) is 13.2 Å². The van der Waals surface area contributed by atoms with Gasteiger partial charge in [-0.2, -0.15) is 13.2 Å². The highest BCUT2D eigenvalue weighted by Crippen LogP contribution is 2.37. The van der Waals surface area contributed by atoms with Crippen molar-refractivity contribution in [3.8, 4) is 0 Å². The van der Waals surface area contributed by atoms with Gasteiger partial charge in [0.15, 0.2) is 0 Å². The van der Waals surface area contributed by atoms with Gasteiger partial charge in [0.2, 0.25) is 0 Å². The second-order valence-electron chi connectivity index (χ2n) is 6.82. The van der Waals surface area contributed by atoms with Gasteiger partial charge < -0.3 is 5.11 Å². The second-order valence-corrected chi connectivity index (χ2v) is 6.82. The molecular weight excluding hydrogens is 357 g/mol. The SMILES string of the molecule is Cc1cccnc1C(c1cccc(C(F)(F)F)c1)N1CCCCC1C(=O)O. The fourth-order valence-electron chi connectivity index (χ4n) is 3.70. The van der Waals surface area contributed by atoms with Crippen LogP contribution < -0.4 is 0 Å². The maximum Gasteiger partial charge on any atom is 0.416 e. The highest BCUT2D eigenvalue weighted by atomic mass is 19.4. The molecule has 1 fully saturated rings. The first-order chi connectivity index (χ1) is 12.8. The number of benzene rings is 1. The van der Waals surface area contributed by atoms with Gasteiger partial charge in [0.25, 0.3) is 0 Å². The van der Waals surface area contributed by atoms with E-state index in [1.807, 2.05) is 13.0 Å². The van der Waals surface area contributed by atoms with Gasteiger partial charge in [0.05, 0.1) is 17.3 Å². The number of likely N-dealkylation sites (tertiary alicyclic amines) is 1. The third-order valence-electron chi connectivity index (χ3n) is 5.00. The summed E-state index contributed by atoms with van der Waals surface area (Å²) in [5, 5.41) is 9.66. The predicted octanol–water partition coefficient (Wildman–Crippen LogP) is 4.44. The maximum absolute atomic E-state index is 13.2. The molecule has 0 spiro atoms. The van der Waals surface area contributed by atoms with Crippen LogP contribution in [0.5, 0.6) is 0 Å². The molecule has 4 nitrogen and oxygen atoms in total. The molecule has 0 radical (unpaired) electrons. The Morgan fingerprint density at radius 3 is 2.70 bits per heavy atom. The number of nitrogens with zero attached hydrogens (tertiary/aromatic N) is 2. The number of carboxylic acids is 1. The topological polar surface area (TPSA) is 53.4 Å². The third kappa shape index (κ3) is 4.13. The van der Waals surface area contributed by atoms with Crippen LogP contribution >= 0.6 is 0 Å². The van der Waals surface area contributed by atoms with E-state index >= 15 is 0 Å². The number of halogens is 3. The number of carboxylic acid groups (broad SMARTS) is 1. The van der Waals surface area contributed by atoms with E-state index in [2.05, 4.69) is 4.98 Å². The van der Waals surface area contributed by atoms with Crippen molar-refractivity contribution in [3.63, 3.8) is 0 Å². The van der Waals surface area contributed by atoms with Gasteiger partial charge in [-0.15, -0.1) is 0 Å². The van der Waals surface area contributed by atoms with Gasteiger partial charge in [-0.1, -0.05) is 24.6 Å². The summed E-state index contributed by atoms with van der Waals surface area (Å²) in [5.74, 6) is -0.958. The molecule has 2 heterocycles. The molecule has 1 aromatic heterocycles. The molecule has 1 aromatic carbocycles. The number of carbonyl (C=O) groups is 1. The summed E-state index contributed by atoms with van der Waals surface area (Å²) >= 11 is 0. The van der Waals surface area contributed by atoms with Crippen molar-refractivity contribution in [1.29, 1.82) is 0 Å². The zero-order chi connectivity index (χ0) is 19.6. The molecule has 2 unspecified atom stereocenters. The molecule has 0 bridgehead atoms. The van der Waals surface area contributed by atoms with Crippen LogP contribution in [0.15, 0.2) is 42.6 Å². The molecule has 2 atom stereocenters. The van der Waals surface area contributed by atoms with Gasteiger partial charge in [-0.05, 0) is 55.6 Å². The van der Waals surface area contributed by atoms with Crippen LogP contribution in [0.25, 0.3) is 0 Å². The lowest BCUT2D eigenvalue weighted by Gasteiger charge is -2.39. The first kappa shape index (κ1) is 19.4. The van der Waals surface area contributed by atoms with Crippen molar-refractivity contribution in [2.45, 2.75) is 44.4 Å². The summed E-state index contributed by atoms with van der Waals surface area (Å²) in [5.41, 5.74) is 1.06. The lowest BCUT2D eigenvalue weighted by Crippen LogP contribution is -2.47. The van der Waals surface area contributed by atoms with Crippen molar-refractivity contribution in [3.05, 3.63) is 65.0 Å². The lowest BCUT2D eigenvalue weighted by atomic mass is 9.91. The summed E-state index contributed by atoms with van der Waals surface area (Å²) in [4.78, 5) is 18.0. The van der Waals surface area contributed by atoms with Crippen molar-refractivity contribution in [2.75, 3.05) is 6.54 Å². The number of alkyl halides is 3. The monoisotopic (exact) mass is 378 g/mol. The number of aliphatic carboxylic acids is 1. The summed E-state index contributed by atoms with van der Waals surface area (Å²) in [6, 6.07) is 7.30. The number of hydrogen-bond acceptors (Lipinski definition) is 3. The Morgan fingerprint density at radius 1 is 1.26 bits per heavy atom. The fraction of sp³-hybridized carbons (Fsp3) is 0.400. The van der Waals surface area contributed by atoms with E-state index in [-0.39, 0.29) is 0 Å². The number of piperidine rings is 1. The Kier molecular flexibility index (Phi) is 5.51. The van der Waals surface area contributed by atoms with E-state index < -0.39 is 29.8 Å². The molecule has 3 rings (SSSR count). The van der Waals surface area contributed by atoms with E-state index in [1.54, 1.807) is 23.2 Å². The zero-order valence-electron chi connectivity index (χ0n) is 14.9. The minimum Gasteiger partial charge on any atom is -0.480 e. The molecule has 1 aliphatic heterocycles. The molecule has 1 aliphatic rings. The Hall–Kier alpha value is -2.41. The third-order valence-corrected chi connectivity index (χ3v) is 5.00. The Bertz CT molecular complexity index is 823. The van der Waals surface area contributed by atoms with Gasteiger partial charge in [0.1, 0.15) is 6.04 Å². The summed E-state index contributed by atoms with van der Waals surface area (Å²) in [7, 11) is 0. The van der Waals surface area contributed by atoms with Crippen molar-refractivity contribution in [2.24, 2.45) is 0 Å². The van der Waals surface area contributed by atoms with Crippen LogP contribution in [-0.2, 0) is 11.0 Å².